The monoisotopic (exact) mass is 317 g/mol. The zero-order chi connectivity index (χ0) is 14.9. The Morgan fingerprint density at radius 3 is 2.80 bits per heavy atom. The molecule has 2 atom stereocenters. The molecule has 1 fully saturated rings. The van der Waals surface area contributed by atoms with Crippen molar-refractivity contribution in [2.75, 3.05) is 19.3 Å². The number of rotatable bonds is 3. The maximum absolute atomic E-state index is 12.4. The molecule has 0 bridgehead atoms. The van der Waals surface area contributed by atoms with E-state index in [-0.39, 0.29) is 16.6 Å². The molecule has 1 aliphatic heterocycles. The third-order valence-electron chi connectivity index (χ3n) is 3.80. The standard InChI is InChI=1S/C13H20ClN3O2S/c1-9-7-11(5-6-17(9)2)16-20(18,19)13-8-10(14)3-4-12(13)15/h3-4,8-9,11,16H,5-7,15H2,1-2H3. The lowest BCUT2D eigenvalue weighted by Gasteiger charge is -2.35. The minimum absolute atomic E-state index is 0.0524. The molecule has 0 saturated carbocycles. The minimum Gasteiger partial charge on any atom is -0.398 e. The van der Waals surface area contributed by atoms with Gasteiger partial charge in [-0.25, -0.2) is 13.1 Å². The largest absolute Gasteiger partial charge is 0.398 e. The van der Waals surface area contributed by atoms with Crippen LogP contribution in [0.5, 0.6) is 0 Å². The highest BCUT2D eigenvalue weighted by Crippen LogP contribution is 2.24. The molecule has 1 aromatic rings. The second-order valence-electron chi connectivity index (χ2n) is 5.35. The van der Waals surface area contributed by atoms with Crippen LogP contribution in [-0.2, 0) is 10.0 Å². The average Bonchev–Trinajstić information content (AvgIpc) is 2.36. The van der Waals surface area contributed by atoms with E-state index in [2.05, 4.69) is 16.5 Å². The van der Waals surface area contributed by atoms with E-state index in [1.165, 1.54) is 12.1 Å². The van der Waals surface area contributed by atoms with Crippen molar-refractivity contribution in [3.05, 3.63) is 23.2 Å². The third-order valence-corrected chi connectivity index (χ3v) is 5.61. The van der Waals surface area contributed by atoms with Crippen molar-refractivity contribution in [2.24, 2.45) is 0 Å². The second-order valence-corrected chi connectivity index (χ2v) is 7.47. The van der Waals surface area contributed by atoms with Crippen LogP contribution in [0.4, 0.5) is 5.69 Å². The van der Waals surface area contributed by atoms with Gasteiger partial charge in [-0.05, 0) is 51.6 Å². The van der Waals surface area contributed by atoms with E-state index in [0.29, 0.717) is 11.1 Å². The molecule has 0 aromatic heterocycles. The summed E-state index contributed by atoms with van der Waals surface area (Å²) in [5, 5.41) is 0.358. The second kappa shape index (κ2) is 5.89. The SMILES string of the molecule is CC1CC(NS(=O)(=O)c2cc(Cl)ccc2N)CCN1C. The predicted octanol–water partition coefficient (Wildman–Crippen LogP) is 1.68. The summed E-state index contributed by atoms with van der Waals surface area (Å²) in [6.45, 7) is 2.97. The number of sulfonamides is 1. The van der Waals surface area contributed by atoms with Gasteiger partial charge in [-0.2, -0.15) is 0 Å². The summed E-state index contributed by atoms with van der Waals surface area (Å²) in [5.74, 6) is 0. The molecular formula is C13H20ClN3O2S. The maximum atomic E-state index is 12.4. The Bertz CT molecular complexity index is 591. The summed E-state index contributed by atoms with van der Waals surface area (Å²) in [6, 6.07) is 4.76. The molecule has 20 heavy (non-hydrogen) atoms. The van der Waals surface area contributed by atoms with E-state index < -0.39 is 10.0 Å². The molecule has 3 N–H and O–H groups in total. The van der Waals surface area contributed by atoms with Crippen LogP contribution < -0.4 is 10.5 Å². The van der Waals surface area contributed by atoms with Crippen molar-refractivity contribution < 1.29 is 8.42 Å². The first-order valence-electron chi connectivity index (χ1n) is 6.57. The number of nitrogen functional groups attached to an aromatic ring is 1. The van der Waals surface area contributed by atoms with Gasteiger partial charge >= 0.3 is 0 Å². The van der Waals surface area contributed by atoms with Gasteiger partial charge in [-0.15, -0.1) is 0 Å². The van der Waals surface area contributed by atoms with Gasteiger partial charge in [0, 0.05) is 17.1 Å². The van der Waals surface area contributed by atoms with Gasteiger partial charge in [0.2, 0.25) is 10.0 Å². The fourth-order valence-electron chi connectivity index (χ4n) is 2.42. The van der Waals surface area contributed by atoms with E-state index in [1.807, 2.05) is 7.05 Å². The molecule has 112 valence electrons. The quantitative estimate of drug-likeness (QED) is 0.832. The molecule has 7 heteroatoms. The molecule has 0 spiro atoms. The van der Waals surface area contributed by atoms with Crippen molar-refractivity contribution in [1.29, 1.82) is 0 Å². The first-order valence-corrected chi connectivity index (χ1v) is 8.43. The number of benzene rings is 1. The van der Waals surface area contributed by atoms with Crippen molar-refractivity contribution in [3.8, 4) is 0 Å². The van der Waals surface area contributed by atoms with Crippen molar-refractivity contribution in [3.63, 3.8) is 0 Å². The summed E-state index contributed by atoms with van der Waals surface area (Å²) >= 11 is 5.85. The van der Waals surface area contributed by atoms with E-state index >= 15 is 0 Å². The number of hydrogen-bond donors (Lipinski definition) is 2. The summed E-state index contributed by atoms with van der Waals surface area (Å²) in [7, 11) is -1.59. The van der Waals surface area contributed by atoms with E-state index in [4.69, 9.17) is 17.3 Å². The first kappa shape index (κ1) is 15.6. The van der Waals surface area contributed by atoms with E-state index in [9.17, 15) is 8.42 Å². The van der Waals surface area contributed by atoms with E-state index in [0.717, 1.165) is 19.4 Å². The fraction of sp³-hybridized carbons (Fsp3) is 0.538. The molecule has 0 aliphatic carbocycles. The number of nitrogens with zero attached hydrogens (tertiary/aromatic N) is 1. The van der Waals surface area contributed by atoms with Crippen molar-refractivity contribution >= 4 is 27.3 Å². The first-order chi connectivity index (χ1) is 9.29. The minimum atomic E-state index is -3.63. The van der Waals surface area contributed by atoms with Gasteiger partial charge in [-0.3, -0.25) is 0 Å². The molecule has 1 aromatic carbocycles. The Morgan fingerprint density at radius 1 is 1.45 bits per heavy atom. The number of halogens is 1. The Balaban J connectivity index is 2.17. The normalized spacial score (nSPS) is 24.8. The van der Waals surface area contributed by atoms with Gasteiger partial charge in [0.15, 0.2) is 0 Å². The summed E-state index contributed by atoms with van der Waals surface area (Å²) in [6.07, 6.45) is 1.58. The molecule has 1 saturated heterocycles. The number of hydrogen-bond acceptors (Lipinski definition) is 4. The van der Waals surface area contributed by atoms with Crippen molar-refractivity contribution in [1.82, 2.24) is 9.62 Å². The molecule has 1 aliphatic rings. The maximum Gasteiger partial charge on any atom is 0.242 e. The molecule has 2 unspecified atom stereocenters. The van der Waals surface area contributed by atoms with Crippen LogP contribution in [-0.4, -0.2) is 39.0 Å². The zero-order valence-electron chi connectivity index (χ0n) is 11.6. The van der Waals surface area contributed by atoms with Gasteiger partial charge < -0.3 is 10.6 Å². The van der Waals surface area contributed by atoms with Crippen LogP contribution in [0.25, 0.3) is 0 Å². The lowest BCUT2D eigenvalue weighted by atomic mass is 10.0. The van der Waals surface area contributed by atoms with Crippen molar-refractivity contribution in [2.45, 2.75) is 36.7 Å². The lowest BCUT2D eigenvalue weighted by molar-refractivity contribution is 0.178. The lowest BCUT2D eigenvalue weighted by Crippen LogP contribution is -2.47. The Hall–Kier alpha value is -0.820. The van der Waals surface area contributed by atoms with Crippen LogP contribution in [0.3, 0.4) is 0 Å². The molecule has 2 rings (SSSR count). The number of nitrogens with one attached hydrogen (secondary N) is 1. The Morgan fingerprint density at radius 2 is 2.15 bits per heavy atom. The Kier molecular flexibility index (Phi) is 4.59. The highest BCUT2D eigenvalue weighted by Gasteiger charge is 2.28. The van der Waals surface area contributed by atoms with Gasteiger partial charge in [0.25, 0.3) is 0 Å². The Labute approximate surface area is 125 Å². The number of nitrogens with two attached hydrogens (primary N) is 1. The molecular weight excluding hydrogens is 298 g/mol. The number of piperidine rings is 1. The highest BCUT2D eigenvalue weighted by molar-refractivity contribution is 7.89. The molecule has 5 nitrogen and oxygen atoms in total. The van der Waals surface area contributed by atoms with Crippen LogP contribution in [0.15, 0.2) is 23.1 Å². The van der Waals surface area contributed by atoms with Gasteiger partial charge in [0.05, 0.1) is 5.69 Å². The number of anilines is 1. The smallest absolute Gasteiger partial charge is 0.242 e. The molecule has 0 radical (unpaired) electrons. The van der Waals surface area contributed by atoms with Crippen LogP contribution in [0.1, 0.15) is 19.8 Å². The summed E-state index contributed by atoms with van der Waals surface area (Å²) in [5.41, 5.74) is 5.95. The topological polar surface area (TPSA) is 75.4 Å². The molecule has 1 heterocycles. The van der Waals surface area contributed by atoms with Crippen LogP contribution >= 0.6 is 11.6 Å². The number of likely N-dealkylation sites (tertiary alicyclic amines) is 1. The van der Waals surface area contributed by atoms with Crippen LogP contribution in [0, 0.1) is 0 Å². The van der Waals surface area contributed by atoms with Crippen LogP contribution in [0.2, 0.25) is 5.02 Å². The molecule has 0 amide bonds. The van der Waals surface area contributed by atoms with Gasteiger partial charge in [0.1, 0.15) is 4.90 Å². The highest BCUT2D eigenvalue weighted by atomic mass is 35.5. The third kappa shape index (κ3) is 3.44. The summed E-state index contributed by atoms with van der Waals surface area (Å²) < 4.78 is 27.5. The average molecular weight is 318 g/mol. The summed E-state index contributed by atoms with van der Waals surface area (Å²) in [4.78, 5) is 2.27. The van der Waals surface area contributed by atoms with Gasteiger partial charge in [-0.1, -0.05) is 11.6 Å². The fourth-order valence-corrected chi connectivity index (χ4v) is 4.10. The zero-order valence-corrected chi connectivity index (χ0v) is 13.2. The predicted molar refractivity (Wildman–Crippen MR) is 81.3 cm³/mol. The van der Waals surface area contributed by atoms with E-state index in [1.54, 1.807) is 6.07 Å².